The molecule has 1 aromatic heterocycles. The van der Waals surface area contributed by atoms with Gasteiger partial charge in [-0.25, -0.2) is 0 Å². The van der Waals surface area contributed by atoms with Crippen molar-refractivity contribution in [2.75, 3.05) is 0 Å². The molecule has 1 aliphatic carbocycles. The molecule has 3 rings (SSSR count). The predicted molar refractivity (Wildman–Crippen MR) is 126 cm³/mol. The second-order valence-electron chi connectivity index (χ2n) is 11.0. The van der Waals surface area contributed by atoms with Crippen LogP contribution < -0.4 is 0 Å². The first-order valence-corrected chi connectivity index (χ1v) is 11.3. The number of aliphatic imine (C=N–C) groups is 1. The molecule has 0 aliphatic heterocycles. The van der Waals surface area contributed by atoms with Crippen molar-refractivity contribution in [3.05, 3.63) is 46.3 Å². The Morgan fingerprint density at radius 1 is 1.00 bits per heavy atom. The van der Waals surface area contributed by atoms with Crippen molar-refractivity contribution in [3.8, 4) is 5.75 Å². The van der Waals surface area contributed by atoms with E-state index in [9.17, 15) is 5.11 Å². The summed E-state index contributed by atoms with van der Waals surface area (Å²) in [6, 6.07) is 6.89. The zero-order valence-electron chi connectivity index (χ0n) is 20.1. The van der Waals surface area contributed by atoms with Gasteiger partial charge in [0.2, 0.25) is 0 Å². The van der Waals surface area contributed by atoms with Crippen molar-refractivity contribution in [3.63, 3.8) is 0 Å². The number of hydrogen-bond acceptors (Lipinski definition) is 3. The van der Waals surface area contributed by atoms with Gasteiger partial charge in [-0.1, -0.05) is 60.5 Å². The highest BCUT2D eigenvalue weighted by molar-refractivity contribution is 5.85. The Labute approximate surface area is 182 Å². The molecular weight excluding hydrogens is 370 g/mol. The molecule has 0 amide bonds. The van der Waals surface area contributed by atoms with Gasteiger partial charge in [0.05, 0.1) is 17.8 Å². The van der Waals surface area contributed by atoms with Gasteiger partial charge in [-0.15, -0.1) is 0 Å². The van der Waals surface area contributed by atoms with E-state index >= 15 is 0 Å². The summed E-state index contributed by atoms with van der Waals surface area (Å²) in [7, 11) is 0. The van der Waals surface area contributed by atoms with Crippen LogP contribution in [0, 0.1) is 13.8 Å². The van der Waals surface area contributed by atoms with Gasteiger partial charge in [0.25, 0.3) is 0 Å². The Morgan fingerprint density at radius 2 is 1.67 bits per heavy atom. The molecule has 1 aliphatic rings. The first kappa shape index (κ1) is 22.6. The van der Waals surface area contributed by atoms with Crippen LogP contribution >= 0.6 is 0 Å². The fraction of sp³-hybridized carbons (Fsp3) is 0.615. The summed E-state index contributed by atoms with van der Waals surface area (Å²) in [6.07, 6.45) is 6.48. The van der Waals surface area contributed by atoms with Gasteiger partial charge in [0, 0.05) is 23.0 Å². The fourth-order valence-corrected chi connectivity index (χ4v) is 4.47. The quantitative estimate of drug-likeness (QED) is 0.596. The summed E-state index contributed by atoms with van der Waals surface area (Å²) in [5.41, 5.74) is 5.17. The Hall–Kier alpha value is -2.10. The van der Waals surface area contributed by atoms with Crippen LogP contribution in [0.5, 0.6) is 5.75 Å². The average Bonchev–Trinajstić information content (AvgIpc) is 2.97. The van der Waals surface area contributed by atoms with Crippen molar-refractivity contribution in [1.82, 2.24) is 9.78 Å². The molecule has 1 heterocycles. The average molecular weight is 410 g/mol. The van der Waals surface area contributed by atoms with Crippen molar-refractivity contribution < 1.29 is 5.11 Å². The Kier molecular flexibility index (Phi) is 6.18. The maximum atomic E-state index is 11.1. The third kappa shape index (κ3) is 4.79. The van der Waals surface area contributed by atoms with E-state index in [2.05, 4.69) is 78.3 Å². The highest BCUT2D eigenvalue weighted by Gasteiger charge is 2.28. The minimum atomic E-state index is -0.134. The second kappa shape index (κ2) is 8.20. The minimum Gasteiger partial charge on any atom is -0.507 e. The van der Waals surface area contributed by atoms with E-state index in [0.717, 1.165) is 29.7 Å². The van der Waals surface area contributed by atoms with Crippen LogP contribution in [0.25, 0.3) is 0 Å². The van der Waals surface area contributed by atoms with Crippen LogP contribution in [0.2, 0.25) is 0 Å². The Morgan fingerprint density at radius 3 is 2.23 bits per heavy atom. The Bertz CT molecular complexity index is 925. The molecule has 1 fully saturated rings. The third-order valence-corrected chi connectivity index (χ3v) is 6.27. The van der Waals surface area contributed by atoms with Crippen molar-refractivity contribution >= 4 is 6.21 Å². The molecule has 0 saturated heterocycles. The van der Waals surface area contributed by atoms with Gasteiger partial charge < -0.3 is 5.11 Å². The number of phenols is 1. The fourth-order valence-electron chi connectivity index (χ4n) is 4.47. The summed E-state index contributed by atoms with van der Waals surface area (Å²) < 4.78 is 2.17. The lowest BCUT2D eigenvalue weighted by atomic mass is 9.79. The monoisotopic (exact) mass is 409 g/mol. The highest BCUT2D eigenvalue weighted by atomic mass is 16.3. The van der Waals surface area contributed by atoms with Crippen LogP contribution in [-0.4, -0.2) is 27.1 Å². The molecule has 2 aromatic rings. The van der Waals surface area contributed by atoms with E-state index in [1.807, 2.05) is 6.21 Å². The number of aryl methyl sites for hydroxylation is 2. The molecule has 0 spiro atoms. The number of benzene rings is 1. The number of rotatable bonds is 3. The van der Waals surface area contributed by atoms with Gasteiger partial charge in [-0.3, -0.25) is 9.67 Å². The molecule has 0 unspecified atom stereocenters. The largest absolute Gasteiger partial charge is 0.507 e. The standard InChI is InChI=1S/C26H39N3O/c1-17-13-18(2)29(28-17)23-12-10-9-11-22(23)27-16-19-14-20(25(3,4)5)15-21(24(19)30)26(6,7)8/h13-16,22-23,30H,9-12H2,1-8H3/t22-,23-/m1/s1. The Balaban J connectivity index is 2.00. The number of nitrogens with zero attached hydrogens (tertiary/aromatic N) is 3. The number of phenolic OH excluding ortho intramolecular Hbond substituents is 1. The van der Waals surface area contributed by atoms with Gasteiger partial charge >= 0.3 is 0 Å². The second-order valence-corrected chi connectivity index (χ2v) is 11.0. The molecular formula is C26H39N3O. The molecule has 0 radical (unpaired) electrons. The van der Waals surface area contributed by atoms with Crippen LogP contribution in [-0.2, 0) is 10.8 Å². The van der Waals surface area contributed by atoms with E-state index in [-0.39, 0.29) is 16.9 Å². The maximum absolute atomic E-state index is 11.1. The molecule has 1 N–H and O–H groups in total. The minimum absolute atomic E-state index is 0.00730. The zero-order chi connectivity index (χ0) is 22.3. The summed E-state index contributed by atoms with van der Waals surface area (Å²) in [5, 5.41) is 15.8. The predicted octanol–water partition coefficient (Wildman–Crippen LogP) is 6.40. The topological polar surface area (TPSA) is 50.4 Å². The van der Waals surface area contributed by atoms with Gasteiger partial charge in [-0.05, 0) is 55.2 Å². The van der Waals surface area contributed by atoms with Gasteiger partial charge in [-0.2, -0.15) is 5.10 Å². The zero-order valence-corrected chi connectivity index (χ0v) is 20.1. The van der Waals surface area contributed by atoms with Crippen LogP contribution in [0.3, 0.4) is 0 Å². The number of hydrogen-bond donors (Lipinski definition) is 1. The molecule has 1 saturated carbocycles. The molecule has 1 aromatic carbocycles. The van der Waals surface area contributed by atoms with Gasteiger partial charge in [0.1, 0.15) is 5.75 Å². The molecule has 2 atom stereocenters. The summed E-state index contributed by atoms with van der Waals surface area (Å²) in [6.45, 7) is 17.3. The smallest absolute Gasteiger partial charge is 0.128 e. The van der Waals surface area contributed by atoms with E-state index in [0.29, 0.717) is 11.8 Å². The van der Waals surface area contributed by atoms with Crippen LogP contribution in [0.4, 0.5) is 0 Å². The van der Waals surface area contributed by atoms with E-state index in [1.54, 1.807) is 0 Å². The lowest BCUT2D eigenvalue weighted by molar-refractivity contribution is 0.284. The molecule has 30 heavy (non-hydrogen) atoms. The highest BCUT2D eigenvalue weighted by Crippen LogP contribution is 2.38. The van der Waals surface area contributed by atoms with Gasteiger partial charge in [0.15, 0.2) is 0 Å². The number of aromatic hydroxyl groups is 1. The normalized spacial score (nSPS) is 20.8. The maximum Gasteiger partial charge on any atom is 0.128 e. The van der Waals surface area contributed by atoms with Crippen LogP contribution in [0.15, 0.2) is 23.2 Å². The molecule has 164 valence electrons. The molecule has 4 nitrogen and oxygen atoms in total. The van der Waals surface area contributed by atoms with Crippen molar-refractivity contribution in [2.45, 2.75) is 104 Å². The lowest BCUT2D eigenvalue weighted by Crippen LogP contribution is -2.28. The van der Waals surface area contributed by atoms with E-state index in [4.69, 9.17) is 10.1 Å². The van der Waals surface area contributed by atoms with Crippen LogP contribution in [0.1, 0.15) is 101 Å². The summed E-state index contributed by atoms with van der Waals surface area (Å²) in [4.78, 5) is 5.02. The van der Waals surface area contributed by atoms with Crippen molar-refractivity contribution in [1.29, 1.82) is 0 Å². The molecule has 4 heteroatoms. The first-order chi connectivity index (χ1) is 13.9. The first-order valence-electron chi connectivity index (χ1n) is 11.3. The SMILES string of the molecule is Cc1cc(C)n([C@@H]2CCCC[C@H]2N=Cc2cc(C(C)(C)C)cc(C(C)(C)C)c2O)n1. The van der Waals surface area contributed by atoms with E-state index in [1.165, 1.54) is 24.1 Å². The summed E-state index contributed by atoms with van der Waals surface area (Å²) in [5.74, 6) is 0.359. The lowest BCUT2D eigenvalue weighted by Gasteiger charge is -2.30. The third-order valence-electron chi connectivity index (χ3n) is 6.27. The number of aromatic nitrogens is 2. The van der Waals surface area contributed by atoms with E-state index < -0.39 is 0 Å². The molecule has 0 bridgehead atoms. The van der Waals surface area contributed by atoms with Crippen molar-refractivity contribution in [2.24, 2.45) is 4.99 Å². The summed E-state index contributed by atoms with van der Waals surface area (Å²) >= 11 is 0.